The Labute approximate surface area is 105 Å². The van der Waals surface area contributed by atoms with Gasteiger partial charge in [-0.2, -0.15) is 0 Å². The Hall–Kier alpha value is -0.280. The van der Waals surface area contributed by atoms with Crippen LogP contribution in [0.3, 0.4) is 0 Å². The SMILES string of the molecule is CC1CCC(CC(=O)N(C)C(C)CN)C1.Cl. The van der Waals surface area contributed by atoms with E-state index in [0.29, 0.717) is 18.9 Å². The number of hydrogen-bond donors (Lipinski definition) is 1. The van der Waals surface area contributed by atoms with Crippen molar-refractivity contribution in [3.8, 4) is 0 Å². The summed E-state index contributed by atoms with van der Waals surface area (Å²) < 4.78 is 0. The fourth-order valence-electron chi connectivity index (χ4n) is 2.31. The zero-order valence-corrected chi connectivity index (χ0v) is 11.4. The smallest absolute Gasteiger partial charge is 0.222 e. The van der Waals surface area contributed by atoms with Gasteiger partial charge in [0.1, 0.15) is 0 Å². The Balaban J connectivity index is 0.00000225. The van der Waals surface area contributed by atoms with E-state index in [1.54, 1.807) is 4.90 Å². The van der Waals surface area contributed by atoms with Gasteiger partial charge in [0.15, 0.2) is 0 Å². The summed E-state index contributed by atoms with van der Waals surface area (Å²) in [5, 5.41) is 0. The molecule has 0 radical (unpaired) electrons. The third-order valence-corrected chi connectivity index (χ3v) is 3.66. The molecule has 3 nitrogen and oxygen atoms in total. The summed E-state index contributed by atoms with van der Waals surface area (Å²) in [5.74, 6) is 1.67. The lowest BCUT2D eigenvalue weighted by molar-refractivity contribution is -0.132. The minimum absolute atomic E-state index is 0. The third kappa shape index (κ3) is 4.30. The van der Waals surface area contributed by atoms with Crippen molar-refractivity contribution in [2.45, 2.75) is 45.6 Å². The van der Waals surface area contributed by atoms with E-state index in [1.807, 2.05) is 14.0 Å². The summed E-state index contributed by atoms with van der Waals surface area (Å²) in [5.41, 5.74) is 5.55. The van der Waals surface area contributed by atoms with E-state index in [9.17, 15) is 4.79 Å². The summed E-state index contributed by atoms with van der Waals surface area (Å²) >= 11 is 0. The van der Waals surface area contributed by atoms with Crippen LogP contribution >= 0.6 is 12.4 Å². The van der Waals surface area contributed by atoms with Crippen LogP contribution in [0, 0.1) is 11.8 Å². The number of likely N-dealkylation sites (N-methyl/N-ethyl adjacent to an activating group) is 1. The van der Waals surface area contributed by atoms with E-state index < -0.39 is 0 Å². The molecular weight excluding hydrogens is 224 g/mol. The van der Waals surface area contributed by atoms with Crippen molar-refractivity contribution in [1.82, 2.24) is 4.90 Å². The summed E-state index contributed by atoms with van der Waals surface area (Å²) in [4.78, 5) is 13.7. The average Bonchev–Trinajstić information content (AvgIpc) is 2.61. The second-order valence-electron chi connectivity index (χ2n) is 5.08. The van der Waals surface area contributed by atoms with Crippen LogP contribution in [0.2, 0.25) is 0 Å². The summed E-state index contributed by atoms with van der Waals surface area (Å²) in [6.45, 7) is 4.81. The zero-order valence-electron chi connectivity index (χ0n) is 10.6. The largest absolute Gasteiger partial charge is 0.342 e. The first-order valence-corrected chi connectivity index (χ1v) is 6.00. The van der Waals surface area contributed by atoms with Crippen LogP contribution in [0.1, 0.15) is 39.5 Å². The first kappa shape index (κ1) is 15.7. The van der Waals surface area contributed by atoms with Crippen LogP contribution in [0.15, 0.2) is 0 Å². The van der Waals surface area contributed by atoms with Crippen LogP contribution in [-0.4, -0.2) is 30.4 Å². The molecule has 0 aromatic heterocycles. The number of nitrogens with zero attached hydrogens (tertiary/aromatic N) is 1. The number of carbonyl (C=O) groups excluding carboxylic acids is 1. The lowest BCUT2D eigenvalue weighted by Crippen LogP contribution is -2.40. The number of carbonyl (C=O) groups is 1. The van der Waals surface area contributed by atoms with E-state index in [1.165, 1.54) is 19.3 Å². The normalized spacial score (nSPS) is 26.0. The highest BCUT2D eigenvalue weighted by Crippen LogP contribution is 2.32. The van der Waals surface area contributed by atoms with Crippen molar-refractivity contribution in [2.75, 3.05) is 13.6 Å². The summed E-state index contributed by atoms with van der Waals surface area (Å²) in [6, 6.07) is 0.163. The molecule has 1 aliphatic carbocycles. The zero-order chi connectivity index (χ0) is 11.4. The Morgan fingerprint density at radius 3 is 2.56 bits per heavy atom. The predicted octanol–water partition coefficient (Wildman–Crippen LogP) is 2.04. The van der Waals surface area contributed by atoms with Crippen LogP contribution in [0.4, 0.5) is 0 Å². The molecule has 1 rings (SSSR count). The van der Waals surface area contributed by atoms with E-state index in [0.717, 1.165) is 5.92 Å². The van der Waals surface area contributed by atoms with Gasteiger partial charge in [-0.3, -0.25) is 4.79 Å². The number of rotatable bonds is 4. The Kier molecular flexibility index (Phi) is 7.00. The fraction of sp³-hybridized carbons (Fsp3) is 0.917. The van der Waals surface area contributed by atoms with Crippen molar-refractivity contribution in [1.29, 1.82) is 0 Å². The second-order valence-corrected chi connectivity index (χ2v) is 5.08. The van der Waals surface area contributed by atoms with Gasteiger partial charge < -0.3 is 10.6 Å². The molecule has 4 heteroatoms. The molecule has 0 bridgehead atoms. The first-order chi connectivity index (χ1) is 7.04. The number of nitrogens with two attached hydrogens (primary N) is 1. The monoisotopic (exact) mass is 248 g/mol. The van der Waals surface area contributed by atoms with Gasteiger partial charge in [-0.1, -0.05) is 13.3 Å². The lowest BCUT2D eigenvalue weighted by atomic mass is 10.0. The van der Waals surface area contributed by atoms with E-state index in [2.05, 4.69) is 6.92 Å². The maximum atomic E-state index is 11.9. The molecule has 96 valence electrons. The van der Waals surface area contributed by atoms with Crippen LogP contribution in [0.25, 0.3) is 0 Å². The molecule has 1 saturated carbocycles. The van der Waals surface area contributed by atoms with E-state index in [4.69, 9.17) is 5.73 Å². The van der Waals surface area contributed by atoms with Crippen molar-refractivity contribution >= 4 is 18.3 Å². The van der Waals surface area contributed by atoms with E-state index >= 15 is 0 Å². The number of hydrogen-bond acceptors (Lipinski definition) is 2. The molecule has 2 N–H and O–H groups in total. The quantitative estimate of drug-likeness (QED) is 0.828. The highest BCUT2D eigenvalue weighted by atomic mass is 35.5. The predicted molar refractivity (Wildman–Crippen MR) is 69.7 cm³/mol. The maximum absolute atomic E-state index is 11.9. The van der Waals surface area contributed by atoms with Gasteiger partial charge >= 0.3 is 0 Å². The van der Waals surface area contributed by atoms with Crippen molar-refractivity contribution in [3.05, 3.63) is 0 Å². The van der Waals surface area contributed by atoms with Gasteiger partial charge in [0, 0.05) is 26.1 Å². The minimum Gasteiger partial charge on any atom is -0.342 e. The van der Waals surface area contributed by atoms with Gasteiger partial charge in [-0.25, -0.2) is 0 Å². The molecular formula is C12H25ClN2O. The van der Waals surface area contributed by atoms with Gasteiger partial charge in [0.25, 0.3) is 0 Å². The molecule has 0 aromatic carbocycles. The highest BCUT2D eigenvalue weighted by molar-refractivity contribution is 5.85. The van der Waals surface area contributed by atoms with Crippen molar-refractivity contribution < 1.29 is 4.79 Å². The molecule has 0 heterocycles. The van der Waals surface area contributed by atoms with Crippen molar-refractivity contribution in [2.24, 2.45) is 17.6 Å². The topological polar surface area (TPSA) is 46.3 Å². The Bertz CT molecular complexity index is 223. The molecule has 0 saturated heterocycles. The molecule has 3 atom stereocenters. The van der Waals surface area contributed by atoms with Gasteiger partial charge in [0.2, 0.25) is 5.91 Å². The minimum atomic E-state index is 0. The maximum Gasteiger partial charge on any atom is 0.222 e. The summed E-state index contributed by atoms with van der Waals surface area (Å²) in [6.07, 6.45) is 4.44. The fourth-order valence-corrected chi connectivity index (χ4v) is 2.31. The summed E-state index contributed by atoms with van der Waals surface area (Å²) in [7, 11) is 1.86. The molecule has 16 heavy (non-hydrogen) atoms. The Morgan fingerprint density at radius 1 is 1.50 bits per heavy atom. The van der Waals surface area contributed by atoms with Crippen LogP contribution < -0.4 is 5.73 Å². The van der Waals surface area contributed by atoms with Gasteiger partial charge in [-0.05, 0) is 31.6 Å². The first-order valence-electron chi connectivity index (χ1n) is 6.00. The molecule has 1 aliphatic rings. The van der Waals surface area contributed by atoms with Crippen LogP contribution in [0.5, 0.6) is 0 Å². The third-order valence-electron chi connectivity index (χ3n) is 3.66. The van der Waals surface area contributed by atoms with Crippen LogP contribution in [-0.2, 0) is 4.79 Å². The number of amides is 1. The lowest BCUT2D eigenvalue weighted by Gasteiger charge is -2.25. The molecule has 1 fully saturated rings. The highest BCUT2D eigenvalue weighted by Gasteiger charge is 2.25. The molecule has 3 unspecified atom stereocenters. The average molecular weight is 249 g/mol. The Morgan fingerprint density at radius 2 is 2.12 bits per heavy atom. The molecule has 0 spiro atoms. The van der Waals surface area contributed by atoms with Gasteiger partial charge in [-0.15, -0.1) is 12.4 Å². The standard InChI is InChI=1S/C12H24N2O.ClH/c1-9-4-5-11(6-9)7-12(15)14(3)10(2)8-13;/h9-11H,4-8,13H2,1-3H3;1H. The van der Waals surface area contributed by atoms with Crippen molar-refractivity contribution in [3.63, 3.8) is 0 Å². The molecule has 1 amide bonds. The second kappa shape index (κ2) is 7.13. The molecule has 0 aliphatic heterocycles. The van der Waals surface area contributed by atoms with E-state index in [-0.39, 0.29) is 24.4 Å². The number of halogens is 1. The molecule has 0 aromatic rings. The van der Waals surface area contributed by atoms with Gasteiger partial charge in [0.05, 0.1) is 0 Å².